The average molecular weight is 763 g/mol. The Morgan fingerprint density at radius 3 is 2.65 bits per heavy atom. The molecule has 51 heavy (non-hydrogen) atoms. The average Bonchev–Trinajstić information content (AvgIpc) is 3.79. The Hall–Kier alpha value is -4.11. The van der Waals surface area contributed by atoms with Gasteiger partial charge in [0, 0.05) is 28.0 Å². The van der Waals surface area contributed by atoms with Gasteiger partial charge in [-0.25, -0.2) is 32.2 Å². The monoisotopic (exact) mass is 762 g/mol. The lowest BCUT2D eigenvalue weighted by molar-refractivity contribution is -0.146. The fraction of sp³-hybridized carbons (Fsp3) is 0.273. The molecule has 0 aliphatic carbocycles. The molecule has 0 amide bonds. The van der Waals surface area contributed by atoms with Crippen molar-refractivity contribution in [3.8, 4) is 6.07 Å². The molecule has 0 saturated carbocycles. The first kappa shape index (κ1) is 38.1. The van der Waals surface area contributed by atoms with Crippen LogP contribution in [-0.2, 0) is 42.1 Å². The Bertz CT molecular complexity index is 1980. The van der Waals surface area contributed by atoms with Crippen LogP contribution in [0.15, 0.2) is 78.7 Å². The van der Waals surface area contributed by atoms with E-state index in [2.05, 4.69) is 14.6 Å². The van der Waals surface area contributed by atoms with E-state index < -0.39 is 55.0 Å². The number of hydrogen-bond donors (Lipinski definition) is 2. The standard InChI is InChI=1S/C33H30F3N4O8PS2/c1-21(51-26-16-45-30(46-17-26)5-3-2-4-23-7-6-22(14-37)12-28(23)35)33(18-40-20-38-19-39-40,27-9-8-25(34)13-29(27)36)48-32(41)31-24(10-11-50-31)15-47-49(42,43)44/h2-13,19-21,26,30H,15-18H2,1H3,(H2,42,43,44)/t21-,26?,30?,33-/m1/s1. The van der Waals surface area contributed by atoms with Crippen LogP contribution in [0.2, 0.25) is 0 Å². The van der Waals surface area contributed by atoms with Crippen LogP contribution in [0, 0.1) is 28.8 Å². The van der Waals surface area contributed by atoms with Crippen molar-refractivity contribution in [1.82, 2.24) is 14.8 Å². The van der Waals surface area contributed by atoms with Crippen LogP contribution in [0.5, 0.6) is 0 Å². The van der Waals surface area contributed by atoms with Gasteiger partial charge >= 0.3 is 13.8 Å². The summed E-state index contributed by atoms with van der Waals surface area (Å²) in [6.45, 7) is 1.19. The molecular formula is C33H30F3N4O8PS2. The maximum atomic E-state index is 15.7. The molecule has 1 saturated heterocycles. The molecule has 0 bridgehead atoms. The van der Waals surface area contributed by atoms with E-state index in [-0.39, 0.29) is 46.6 Å². The van der Waals surface area contributed by atoms with Crippen molar-refractivity contribution in [3.05, 3.63) is 123 Å². The first-order chi connectivity index (χ1) is 24.4. The number of thiophene rings is 1. The summed E-state index contributed by atoms with van der Waals surface area (Å²) in [7, 11) is -4.87. The fourth-order valence-corrected chi connectivity index (χ4v) is 7.57. The number of thioether (sulfide) groups is 1. The van der Waals surface area contributed by atoms with Gasteiger partial charge in [-0.2, -0.15) is 10.4 Å². The number of halogens is 3. The zero-order chi connectivity index (χ0) is 36.6. The molecule has 0 spiro atoms. The lowest BCUT2D eigenvalue weighted by Gasteiger charge is -2.40. The Morgan fingerprint density at radius 2 is 1.98 bits per heavy atom. The van der Waals surface area contributed by atoms with E-state index in [9.17, 15) is 27.9 Å². The van der Waals surface area contributed by atoms with Gasteiger partial charge in [-0.05, 0) is 48.7 Å². The Kier molecular flexibility index (Phi) is 12.7. The number of aromatic nitrogens is 3. The minimum Gasteiger partial charge on any atom is -0.447 e. The molecule has 18 heteroatoms. The summed E-state index contributed by atoms with van der Waals surface area (Å²) in [5.41, 5.74) is -1.35. The zero-order valence-electron chi connectivity index (χ0n) is 26.7. The number of ether oxygens (including phenoxy) is 3. The predicted molar refractivity (Wildman–Crippen MR) is 180 cm³/mol. The van der Waals surface area contributed by atoms with Crippen molar-refractivity contribution >= 4 is 43.0 Å². The molecule has 1 fully saturated rings. The number of carbonyl (C=O) groups is 1. The lowest BCUT2D eigenvalue weighted by Crippen LogP contribution is -2.47. The molecule has 1 aliphatic rings. The predicted octanol–water partition coefficient (Wildman–Crippen LogP) is 6.12. The number of benzene rings is 2. The molecule has 5 rings (SSSR count). The highest BCUT2D eigenvalue weighted by molar-refractivity contribution is 8.00. The summed E-state index contributed by atoms with van der Waals surface area (Å²) in [6, 6.07) is 10.4. The minimum absolute atomic E-state index is 0.0407. The molecular weight excluding hydrogens is 732 g/mol. The normalized spacial score (nSPS) is 18.5. The van der Waals surface area contributed by atoms with Gasteiger partial charge in [-0.3, -0.25) is 4.52 Å². The largest absolute Gasteiger partial charge is 0.469 e. The summed E-state index contributed by atoms with van der Waals surface area (Å²) in [5, 5.41) is 13.4. The van der Waals surface area contributed by atoms with E-state index in [1.807, 2.05) is 6.07 Å². The van der Waals surface area contributed by atoms with Crippen LogP contribution in [0.3, 0.4) is 0 Å². The Balaban J connectivity index is 1.35. The number of nitriles is 1. The minimum atomic E-state index is -4.87. The molecule has 12 nitrogen and oxygen atoms in total. The third-order valence-electron chi connectivity index (χ3n) is 7.58. The van der Waals surface area contributed by atoms with Gasteiger partial charge in [0.05, 0.1) is 43.2 Å². The molecule has 2 N–H and O–H groups in total. The third-order valence-corrected chi connectivity index (χ3v) is 10.4. The van der Waals surface area contributed by atoms with Crippen molar-refractivity contribution < 1.29 is 51.1 Å². The van der Waals surface area contributed by atoms with Gasteiger partial charge in [0.1, 0.15) is 35.0 Å². The maximum absolute atomic E-state index is 15.7. The van der Waals surface area contributed by atoms with Crippen LogP contribution >= 0.6 is 30.9 Å². The summed E-state index contributed by atoms with van der Waals surface area (Å²) < 4.78 is 79.2. The highest BCUT2D eigenvalue weighted by atomic mass is 32.2. The number of phosphoric ester groups is 1. The molecule has 4 aromatic rings. The van der Waals surface area contributed by atoms with E-state index in [1.54, 1.807) is 25.2 Å². The molecule has 0 unspecified atom stereocenters. The molecule has 3 heterocycles. The van der Waals surface area contributed by atoms with E-state index >= 15 is 4.39 Å². The summed E-state index contributed by atoms with van der Waals surface area (Å²) in [5.74, 6) is -3.31. The highest BCUT2D eigenvalue weighted by Crippen LogP contribution is 2.43. The highest BCUT2D eigenvalue weighted by Gasteiger charge is 2.47. The number of rotatable bonds is 14. The number of esters is 1. The van der Waals surface area contributed by atoms with Crippen LogP contribution in [0.1, 0.15) is 38.8 Å². The van der Waals surface area contributed by atoms with Crippen molar-refractivity contribution in [1.29, 1.82) is 5.26 Å². The van der Waals surface area contributed by atoms with Gasteiger partial charge in [0.25, 0.3) is 0 Å². The third kappa shape index (κ3) is 10.0. The first-order valence-corrected chi connectivity index (χ1v) is 18.4. The van der Waals surface area contributed by atoms with Gasteiger partial charge < -0.3 is 24.0 Å². The smallest absolute Gasteiger partial charge is 0.447 e. The molecule has 1 aliphatic heterocycles. The van der Waals surface area contributed by atoms with E-state index in [0.29, 0.717) is 11.6 Å². The number of carbonyl (C=O) groups excluding carboxylic acids is 1. The van der Waals surface area contributed by atoms with Crippen LogP contribution < -0.4 is 0 Å². The number of hydrogen-bond acceptors (Lipinski definition) is 11. The van der Waals surface area contributed by atoms with E-state index in [0.717, 1.165) is 23.5 Å². The summed E-state index contributed by atoms with van der Waals surface area (Å²) in [4.78, 5) is 36.1. The van der Waals surface area contributed by atoms with Crippen LogP contribution in [0.4, 0.5) is 13.2 Å². The SMILES string of the molecule is C[C@@H](SC1COC(C=CC=Cc2ccc(C#N)cc2F)OC1)[C@@](Cn1cncn1)(OC(=O)c1sccc1COP(=O)(O)O)c1ccc(F)cc1F. The van der Waals surface area contributed by atoms with E-state index in [4.69, 9.17) is 19.5 Å². The van der Waals surface area contributed by atoms with Crippen molar-refractivity contribution in [3.63, 3.8) is 0 Å². The van der Waals surface area contributed by atoms with Crippen LogP contribution in [-0.4, -0.2) is 60.5 Å². The van der Waals surface area contributed by atoms with Gasteiger partial charge in [-0.15, -0.1) is 23.1 Å². The molecule has 2 aromatic carbocycles. The topological polar surface area (TPSA) is 166 Å². The second-order valence-corrected chi connectivity index (χ2v) is 14.9. The molecule has 2 atom stereocenters. The van der Waals surface area contributed by atoms with Crippen molar-refractivity contribution in [2.24, 2.45) is 0 Å². The van der Waals surface area contributed by atoms with Crippen LogP contribution in [0.25, 0.3) is 6.08 Å². The molecule has 268 valence electrons. The first-order valence-electron chi connectivity index (χ1n) is 15.1. The summed E-state index contributed by atoms with van der Waals surface area (Å²) in [6.07, 6.45) is 8.25. The number of phosphoric acid groups is 1. The van der Waals surface area contributed by atoms with Gasteiger partial charge in [0.2, 0.25) is 0 Å². The van der Waals surface area contributed by atoms with Crippen molar-refractivity contribution in [2.45, 2.75) is 42.5 Å². The quantitative estimate of drug-likeness (QED) is 0.0860. The second-order valence-electron chi connectivity index (χ2n) is 11.1. The van der Waals surface area contributed by atoms with E-state index in [1.165, 1.54) is 64.8 Å². The maximum Gasteiger partial charge on any atom is 0.469 e. The molecule has 0 radical (unpaired) electrons. The van der Waals surface area contributed by atoms with Gasteiger partial charge in [-0.1, -0.05) is 24.3 Å². The Labute approximate surface area is 298 Å². The van der Waals surface area contributed by atoms with Crippen molar-refractivity contribution in [2.75, 3.05) is 13.2 Å². The fourth-order valence-electron chi connectivity index (χ4n) is 5.12. The van der Waals surface area contributed by atoms with Gasteiger partial charge in [0.15, 0.2) is 11.9 Å². The Morgan fingerprint density at radius 1 is 1.20 bits per heavy atom. The summed E-state index contributed by atoms with van der Waals surface area (Å²) >= 11 is 2.20. The number of nitrogens with zero attached hydrogens (tertiary/aromatic N) is 4. The second kappa shape index (κ2) is 16.9. The number of allylic oxidation sites excluding steroid dienone is 2. The lowest BCUT2D eigenvalue weighted by atomic mass is 9.89. The molecule has 2 aromatic heterocycles. The zero-order valence-corrected chi connectivity index (χ0v) is 29.2.